The Morgan fingerprint density at radius 3 is 2.47 bits per heavy atom. The number of rotatable bonds is 2. The molecule has 0 aliphatic carbocycles. The third-order valence-corrected chi connectivity index (χ3v) is 4.67. The Labute approximate surface area is 115 Å². The van der Waals surface area contributed by atoms with Crippen LogP contribution in [0.15, 0.2) is 0 Å². The minimum absolute atomic E-state index is 0.544. The maximum absolute atomic E-state index is 5.47. The Bertz CT molecular complexity index is 429. The van der Waals surface area contributed by atoms with Gasteiger partial charge in [0.05, 0.1) is 11.7 Å². The van der Waals surface area contributed by atoms with Gasteiger partial charge in [-0.05, 0) is 64.1 Å². The monoisotopic (exact) mass is 263 g/mol. The van der Waals surface area contributed by atoms with Crippen LogP contribution in [0.2, 0.25) is 0 Å². The Hall–Kier alpha value is -0.870. The van der Waals surface area contributed by atoms with Gasteiger partial charge in [-0.3, -0.25) is 4.68 Å². The van der Waals surface area contributed by atoms with Crippen molar-refractivity contribution in [3.63, 3.8) is 0 Å². The molecule has 106 valence electrons. The number of aromatic nitrogens is 2. The molecule has 0 spiro atoms. The first kappa shape index (κ1) is 13.1. The lowest BCUT2D eigenvalue weighted by atomic mass is 9.89. The molecule has 0 atom stereocenters. The molecule has 4 heteroatoms. The van der Waals surface area contributed by atoms with Gasteiger partial charge in [-0.2, -0.15) is 5.10 Å². The van der Waals surface area contributed by atoms with Gasteiger partial charge >= 0.3 is 0 Å². The second-order valence-electron chi connectivity index (χ2n) is 5.90. The van der Waals surface area contributed by atoms with Crippen molar-refractivity contribution in [2.45, 2.75) is 51.5 Å². The van der Waals surface area contributed by atoms with Gasteiger partial charge in [-0.25, -0.2) is 0 Å². The zero-order chi connectivity index (χ0) is 13.2. The van der Waals surface area contributed by atoms with E-state index in [0.717, 1.165) is 39.1 Å². The highest BCUT2D eigenvalue weighted by atomic mass is 16.5. The summed E-state index contributed by atoms with van der Waals surface area (Å²) in [5.41, 5.74) is 4.17. The van der Waals surface area contributed by atoms with Gasteiger partial charge in [0.1, 0.15) is 0 Å². The van der Waals surface area contributed by atoms with Crippen LogP contribution in [0.25, 0.3) is 0 Å². The van der Waals surface area contributed by atoms with Crippen LogP contribution in [-0.4, -0.2) is 36.1 Å². The molecule has 2 aliphatic rings. The molecule has 1 N–H and O–H groups in total. The number of piperidine rings is 1. The highest BCUT2D eigenvalue weighted by Gasteiger charge is 2.26. The summed E-state index contributed by atoms with van der Waals surface area (Å²) in [6.45, 7) is 8.49. The van der Waals surface area contributed by atoms with Crippen LogP contribution in [-0.2, 0) is 4.74 Å². The van der Waals surface area contributed by atoms with E-state index in [1.807, 2.05) is 0 Å². The van der Waals surface area contributed by atoms with E-state index in [1.54, 1.807) is 0 Å². The lowest BCUT2D eigenvalue weighted by molar-refractivity contribution is 0.0655. The lowest BCUT2D eigenvalue weighted by Gasteiger charge is -2.25. The van der Waals surface area contributed by atoms with Gasteiger partial charge in [0.15, 0.2) is 0 Å². The van der Waals surface area contributed by atoms with Crippen LogP contribution in [0, 0.1) is 13.8 Å². The second-order valence-corrected chi connectivity index (χ2v) is 5.90. The minimum Gasteiger partial charge on any atom is -0.381 e. The molecule has 0 bridgehead atoms. The Kier molecular flexibility index (Phi) is 3.89. The summed E-state index contributed by atoms with van der Waals surface area (Å²) in [5, 5.41) is 8.30. The van der Waals surface area contributed by atoms with Crippen LogP contribution < -0.4 is 5.32 Å². The van der Waals surface area contributed by atoms with E-state index in [1.165, 1.54) is 29.8 Å². The Morgan fingerprint density at radius 1 is 1.11 bits per heavy atom. The molecule has 2 aliphatic heterocycles. The van der Waals surface area contributed by atoms with E-state index in [2.05, 4.69) is 23.8 Å². The fourth-order valence-corrected chi connectivity index (χ4v) is 3.66. The summed E-state index contributed by atoms with van der Waals surface area (Å²) in [5.74, 6) is 0.704. The van der Waals surface area contributed by atoms with Crippen LogP contribution in [0.3, 0.4) is 0 Å². The standard InChI is InChI=1S/C15H25N3O/c1-11-15(13-3-7-16-8-4-13)12(2)18(17-11)14-5-9-19-10-6-14/h13-14,16H,3-10H2,1-2H3. The summed E-state index contributed by atoms with van der Waals surface area (Å²) in [7, 11) is 0. The molecular formula is C15H25N3O. The molecule has 0 aromatic carbocycles. The van der Waals surface area contributed by atoms with Crippen molar-refractivity contribution < 1.29 is 4.74 Å². The fourth-order valence-electron chi connectivity index (χ4n) is 3.66. The van der Waals surface area contributed by atoms with Crippen LogP contribution >= 0.6 is 0 Å². The molecule has 0 amide bonds. The number of nitrogens with zero attached hydrogens (tertiary/aromatic N) is 2. The lowest BCUT2D eigenvalue weighted by Crippen LogP contribution is -2.27. The fraction of sp³-hybridized carbons (Fsp3) is 0.800. The zero-order valence-corrected chi connectivity index (χ0v) is 12.1. The Balaban J connectivity index is 1.86. The molecule has 4 nitrogen and oxygen atoms in total. The minimum atomic E-state index is 0.544. The summed E-state index contributed by atoms with van der Waals surface area (Å²) in [6, 6.07) is 0.544. The summed E-state index contributed by atoms with van der Waals surface area (Å²) in [4.78, 5) is 0. The van der Waals surface area contributed by atoms with Gasteiger partial charge in [0.25, 0.3) is 0 Å². The zero-order valence-electron chi connectivity index (χ0n) is 12.1. The van der Waals surface area contributed by atoms with Crippen molar-refractivity contribution >= 4 is 0 Å². The predicted molar refractivity (Wildman–Crippen MR) is 75.6 cm³/mol. The molecule has 3 rings (SSSR count). The van der Waals surface area contributed by atoms with Crippen molar-refractivity contribution in [1.29, 1.82) is 0 Å². The smallest absolute Gasteiger partial charge is 0.0631 e. The third kappa shape index (κ3) is 2.56. The first-order chi connectivity index (χ1) is 9.27. The predicted octanol–water partition coefficient (Wildman–Crippen LogP) is 2.32. The van der Waals surface area contributed by atoms with Gasteiger partial charge in [-0.1, -0.05) is 0 Å². The number of ether oxygens (including phenoxy) is 1. The van der Waals surface area contributed by atoms with Crippen molar-refractivity contribution in [2.75, 3.05) is 26.3 Å². The largest absolute Gasteiger partial charge is 0.381 e. The van der Waals surface area contributed by atoms with E-state index < -0.39 is 0 Å². The molecule has 3 heterocycles. The molecule has 1 aromatic heterocycles. The summed E-state index contributed by atoms with van der Waals surface area (Å²) >= 11 is 0. The van der Waals surface area contributed by atoms with Gasteiger partial charge < -0.3 is 10.1 Å². The number of nitrogens with one attached hydrogen (secondary N) is 1. The van der Waals surface area contributed by atoms with Crippen molar-refractivity contribution in [2.24, 2.45) is 0 Å². The number of hydrogen-bond donors (Lipinski definition) is 1. The maximum Gasteiger partial charge on any atom is 0.0631 e. The quantitative estimate of drug-likeness (QED) is 0.890. The van der Waals surface area contributed by atoms with Gasteiger partial charge in [0.2, 0.25) is 0 Å². The average molecular weight is 263 g/mol. The molecule has 2 saturated heterocycles. The van der Waals surface area contributed by atoms with E-state index >= 15 is 0 Å². The highest BCUT2D eigenvalue weighted by Crippen LogP contribution is 2.33. The maximum atomic E-state index is 5.47. The van der Waals surface area contributed by atoms with Gasteiger partial charge in [0, 0.05) is 18.9 Å². The molecular weight excluding hydrogens is 238 g/mol. The van der Waals surface area contributed by atoms with Crippen molar-refractivity contribution in [3.8, 4) is 0 Å². The molecule has 1 aromatic rings. The first-order valence-electron chi connectivity index (χ1n) is 7.61. The highest BCUT2D eigenvalue weighted by molar-refractivity contribution is 5.29. The molecule has 0 saturated carbocycles. The molecule has 19 heavy (non-hydrogen) atoms. The van der Waals surface area contributed by atoms with E-state index in [-0.39, 0.29) is 0 Å². The van der Waals surface area contributed by atoms with Crippen LogP contribution in [0.1, 0.15) is 54.6 Å². The average Bonchev–Trinajstić information content (AvgIpc) is 2.76. The van der Waals surface area contributed by atoms with E-state index in [9.17, 15) is 0 Å². The Morgan fingerprint density at radius 2 is 1.79 bits per heavy atom. The van der Waals surface area contributed by atoms with Crippen molar-refractivity contribution in [3.05, 3.63) is 17.0 Å². The normalized spacial score (nSPS) is 22.8. The first-order valence-corrected chi connectivity index (χ1v) is 7.61. The van der Waals surface area contributed by atoms with Gasteiger partial charge in [-0.15, -0.1) is 0 Å². The molecule has 2 fully saturated rings. The SMILES string of the molecule is Cc1nn(C2CCOCC2)c(C)c1C1CCNCC1. The van der Waals surface area contributed by atoms with E-state index in [0.29, 0.717) is 12.0 Å². The topological polar surface area (TPSA) is 39.1 Å². The number of aryl methyl sites for hydroxylation is 1. The van der Waals surface area contributed by atoms with Crippen LogP contribution in [0.5, 0.6) is 0 Å². The molecule has 0 unspecified atom stereocenters. The van der Waals surface area contributed by atoms with Crippen molar-refractivity contribution in [1.82, 2.24) is 15.1 Å². The number of hydrogen-bond acceptors (Lipinski definition) is 3. The van der Waals surface area contributed by atoms with Crippen LogP contribution in [0.4, 0.5) is 0 Å². The second kappa shape index (κ2) is 5.63. The van der Waals surface area contributed by atoms with E-state index in [4.69, 9.17) is 9.84 Å². The summed E-state index contributed by atoms with van der Waals surface area (Å²) < 4.78 is 7.75. The molecule has 0 radical (unpaired) electrons. The summed E-state index contributed by atoms with van der Waals surface area (Å²) in [6.07, 6.45) is 4.71. The third-order valence-electron chi connectivity index (χ3n) is 4.67.